The molecule has 1 amide bonds. The molecule has 6 rings (SSSR count). The lowest BCUT2D eigenvalue weighted by atomic mass is 10.1. The van der Waals surface area contributed by atoms with Gasteiger partial charge in [-0.3, -0.25) is 0 Å². The zero-order valence-corrected chi connectivity index (χ0v) is 23.5. The molecule has 3 heterocycles. The number of imidazole rings is 1. The molecule has 0 atom stereocenters. The Hall–Kier alpha value is -4.63. The molecule has 1 saturated heterocycles. The van der Waals surface area contributed by atoms with Crippen molar-refractivity contribution in [3.05, 3.63) is 107 Å². The number of aryl methyl sites for hydroxylation is 1. The number of anilines is 2. The SMILES string of the molecule is Cc1cccc(Cn2cnc3c(NCc4ccccc4Cl)nc(N4CCN(C(=O)Oc5ccccc5)CC4)nc32)c1. The molecule has 0 saturated carbocycles. The second-order valence-electron chi connectivity index (χ2n) is 10.0. The van der Waals surface area contributed by atoms with Crippen LogP contribution in [-0.4, -0.2) is 56.7 Å². The van der Waals surface area contributed by atoms with E-state index in [0.717, 1.165) is 11.2 Å². The zero-order valence-electron chi connectivity index (χ0n) is 22.7. The number of fused-ring (bicyclic) bond motifs is 1. The number of halogens is 1. The van der Waals surface area contributed by atoms with Crippen LogP contribution >= 0.6 is 11.6 Å². The Morgan fingerprint density at radius 3 is 2.51 bits per heavy atom. The molecular formula is C31H30ClN7O2. The van der Waals surface area contributed by atoms with E-state index in [2.05, 4.69) is 46.4 Å². The van der Waals surface area contributed by atoms with Gasteiger partial charge in [0.05, 0.1) is 12.9 Å². The Kier molecular flexibility index (Phi) is 7.69. The van der Waals surface area contributed by atoms with Crippen molar-refractivity contribution in [1.29, 1.82) is 0 Å². The van der Waals surface area contributed by atoms with Gasteiger partial charge in [-0.05, 0) is 36.2 Å². The maximum absolute atomic E-state index is 12.7. The minimum Gasteiger partial charge on any atom is -0.410 e. The van der Waals surface area contributed by atoms with Gasteiger partial charge in [-0.2, -0.15) is 9.97 Å². The molecule has 1 N–H and O–H groups in total. The Bertz CT molecular complexity index is 1670. The number of hydrogen-bond donors (Lipinski definition) is 1. The molecule has 1 fully saturated rings. The van der Waals surface area contributed by atoms with E-state index in [4.69, 9.17) is 26.3 Å². The van der Waals surface area contributed by atoms with E-state index in [1.165, 1.54) is 11.1 Å². The number of nitrogens with one attached hydrogen (secondary N) is 1. The van der Waals surface area contributed by atoms with E-state index >= 15 is 0 Å². The van der Waals surface area contributed by atoms with Crippen molar-refractivity contribution in [3.63, 3.8) is 0 Å². The third kappa shape index (κ3) is 6.10. The average molecular weight is 568 g/mol. The minimum atomic E-state index is -0.356. The first-order chi connectivity index (χ1) is 20.0. The van der Waals surface area contributed by atoms with Crippen molar-refractivity contribution in [2.75, 3.05) is 36.4 Å². The van der Waals surface area contributed by atoms with E-state index in [1.807, 2.05) is 53.4 Å². The Morgan fingerprint density at radius 1 is 0.951 bits per heavy atom. The van der Waals surface area contributed by atoms with Crippen LogP contribution < -0.4 is 15.0 Å². The van der Waals surface area contributed by atoms with Gasteiger partial charge >= 0.3 is 6.09 Å². The molecule has 1 aliphatic rings. The van der Waals surface area contributed by atoms with Crippen LogP contribution in [0.15, 0.2) is 85.2 Å². The Balaban J connectivity index is 1.25. The lowest BCUT2D eigenvalue weighted by molar-refractivity contribution is 0.149. The lowest BCUT2D eigenvalue weighted by Gasteiger charge is -2.34. The van der Waals surface area contributed by atoms with Crippen LogP contribution in [0.3, 0.4) is 0 Å². The molecular weight excluding hydrogens is 538 g/mol. The number of hydrogen-bond acceptors (Lipinski definition) is 7. The lowest BCUT2D eigenvalue weighted by Crippen LogP contribution is -2.50. The third-order valence-corrected chi connectivity index (χ3v) is 7.43. The quantitative estimate of drug-likeness (QED) is 0.267. The fourth-order valence-electron chi connectivity index (χ4n) is 4.88. The van der Waals surface area contributed by atoms with E-state index in [9.17, 15) is 4.79 Å². The van der Waals surface area contributed by atoms with Gasteiger partial charge in [0.2, 0.25) is 5.95 Å². The number of benzene rings is 3. The number of nitrogens with zero attached hydrogens (tertiary/aromatic N) is 6. The first kappa shape index (κ1) is 26.6. The Labute approximate surface area is 243 Å². The fourth-order valence-corrected chi connectivity index (χ4v) is 5.09. The first-order valence-electron chi connectivity index (χ1n) is 13.6. The van der Waals surface area contributed by atoms with Crippen LogP contribution in [0, 0.1) is 6.92 Å². The smallest absolute Gasteiger partial charge is 0.410 e. The van der Waals surface area contributed by atoms with E-state index in [-0.39, 0.29) is 6.09 Å². The predicted molar refractivity (Wildman–Crippen MR) is 161 cm³/mol. The molecule has 10 heteroatoms. The fraction of sp³-hybridized carbons (Fsp3) is 0.226. The number of rotatable bonds is 7. The summed E-state index contributed by atoms with van der Waals surface area (Å²) in [4.78, 5) is 31.1. The van der Waals surface area contributed by atoms with Gasteiger partial charge in [0, 0.05) is 37.7 Å². The molecule has 41 heavy (non-hydrogen) atoms. The number of aromatic nitrogens is 4. The van der Waals surface area contributed by atoms with E-state index in [0.29, 0.717) is 67.3 Å². The maximum Gasteiger partial charge on any atom is 0.415 e. The molecule has 0 radical (unpaired) electrons. The van der Waals surface area contributed by atoms with Gasteiger partial charge in [0.1, 0.15) is 5.75 Å². The summed E-state index contributed by atoms with van der Waals surface area (Å²) in [5.41, 5.74) is 4.77. The van der Waals surface area contributed by atoms with Crippen molar-refractivity contribution in [1.82, 2.24) is 24.4 Å². The average Bonchev–Trinajstić information content (AvgIpc) is 3.40. The van der Waals surface area contributed by atoms with Gasteiger partial charge in [0.15, 0.2) is 17.0 Å². The number of piperazine rings is 1. The number of carbonyl (C=O) groups is 1. The molecule has 208 valence electrons. The van der Waals surface area contributed by atoms with Gasteiger partial charge in [-0.15, -0.1) is 0 Å². The molecule has 0 spiro atoms. The summed E-state index contributed by atoms with van der Waals surface area (Å²) in [7, 11) is 0. The van der Waals surface area contributed by atoms with Crippen LogP contribution in [-0.2, 0) is 13.1 Å². The highest BCUT2D eigenvalue weighted by atomic mass is 35.5. The number of para-hydroxylation sites is 1. The monoisotopic (exact) mass is 567 g/mol. The maximum atomic E-state index is 12.7. The summed E-state index contributed by atoms with van der Waals surface area (Å²) in [5, 5.41) is 4.13. The second kappa shape index (κ2) is 11.9. The predicted octanol–water partition coefficient (Wildman–Crippen LogP) is 5.77. The van der Waals surface area contributed by atoms with E-state index < -0.39 is 0 Å². The molecule has 3 aromatic carbocycles. The van der Waals surface area contributed by atoms with Crippen LogP contribution in [0.4, 0.5) is 16.6 Å². The summed E-state index contributed by atoms with van der Waals surface area (Å²) in [6, 6.07) is 25.3. The standard InChI is InChI=1S/C31H30ClN7O2/c1-22-8-7-9-23(18-22)20-39-21-34-27-28(33-19-24-10-5-6-13-26(24)32)35-30(36-29(27)39)37-14-16-38(17-15-37)31(40)41-25-11-3-2-4-12-25/h2-13,18,21H,14-17,19-20H2,1H3,(H,33,35,36). The highest BCUT2D eigenvalue weighted by Gasteiger charge is 2.25. The molecule has 9 nitrogen and oxygen atoms in total. The van der Waals surface area contributed by atoms with Crippen molar-refractivity contribution < 1.29 is 9.53 Å². The Morgan fingerprint density at radius 2 is 1.73 bits per heavy atom. The molecule has 1 aliphatic heterocycles. The van der Waals surface area contributed by atoms with Crippen LogP contribution in [0.5, 0.6) is 5.75 Å². The summed E-state index contributed by atoms with van der Waals surface area (Å²) in [6.45, 7) is 5.36. The highest BCUT2D eigenvalue weighted by molar-refractivity contribution is 6.31. The summed E-state index contributed by atoms with van der Waals surface area (Å²) >= 11 is 6.42. The summed E-state index contributed by atoms with van der Waals surface area (Å²) in [5.74, 6) is 1.75. The largest absolute Gasteiger partial charge is 0.415 e. The van der Waals surface area contributed by atoms with Crippen LogP contribution in [0.25, 0.3) is 11.2 Å². The number of ether oxygens (including phenoxy) is 1. The van der Waals surface area contributed by atoms with Crippen molar-refractivity contribution in [2.24, 2.45) is 0 Å². The second-order valence-corrected chi connectivity index (χ2v) is 10.4. The molecule has 0 bridgehead atoms. The third-order valence-electron chi connectivity index (χ3n) is 7.06. The normalized spacial score (nSPS) is 13.4. The van der Waals surface area contributed by atoms with Gasteiger partial charge in [0.25, 0.3) is 0 Å². The van der Waals surface area contributed by atoms with Gasteiger partial charge in [-0.25, -0.2) is 9.78 Å². The molecule has 2 aromatic heterocycles. The van der Waals surface area contributed by atoms with Crippen molar-refractivity contribution >= 4 is 40.6 Å². The topological polar surface area (TPSA) is 88.4 Å². The zero-order chi connectivity index (χ0) is 28.2. The van der Waals surface area contributed by atoms with Gasteiger partial charge < -0.3 is 24.4 Å². The number of carbonyl (C=O) groups excluding carboxylic acids is 1. The van der Waals surface area contributed by atoms with Crippen molar-refractivity contribution in [3.8, 4) is 5.75 Å². The first-order valence-corrected chi connectivity index (χ1v) is 13.9. The van der Waals surface area contributed by atoms with Crippen molar-refractivity contribution in [2.45, 2.75) is 20.0 Å². The summed E-state index contributed by atoms with van der Waals surface area (Å²) < 4.78 is 7.58. The minimum absolute atomic E-state index is 0.356. The van der Waals surface area contributed by atoms with Crippen LogP contribution in [0.1, 0.15) is 16.7 Å². The molecule has 0 aliphatic carbocycles. The van der Waals surface area contributed by atoms with Gasteiger partial charge in [-0.1, -0.05) is 77.8 Å². The number of amides is 1. The molecule has 5 aromatic rings. The molecule has 0 unspecified atom stereocenters. The summed E-state index contributed by atoms with van der Waals surface area (Å²) in [6.07, 6.45) is 1.45. The van der Waals surface area contributed by atoms with E-state index in [1.54, 1.807) is 17.0 Å². The van der Waals surface area contributed by atoms with Crippen LogP contribution in [0.2, 0.25) is 5.02 Å². The highest BCUT2D eigenvalue weighted by Crippen LogP contribution is 2.26.